The van der Waals surface area contributed by atoms with Crippen LogP contribution >= 0.6 is 0 Å². The van der Waals surface area contributed by atoms with Gasteiger partial charge in [0.15, 0.2) is 11.6 Å². The van der Waals surface area contributed by atoms with E-state index in [0.29, 0.717) is 33.9 Å². The van der Waals surface area contributed by atoms with Crippen molar-refractivity contribution >= 4 is 23.4 Å². The van der Waals surface area contributed by atoms with Crippen molar-refractivity contribution in [1.82, 2.24) is 10.3 Å². The highest BCUT2D eigenvalue weighted by Gasteiger charge is 2.24. The molecule has 1 aromatic carbocycles. The first-order valence-electron chi connectivity index (χ1n) is 11.4. The number of aliphatic imine (C=N–C) groups is 1. The molecular formula is C25H29F3N6O. The van der Waals surface area contributed by atoms with Gasteiger partial charge in [0.25, 0.3) is 0 Å². The number of alkyl halides is 2. The SMILES string of the molecule is C[C@H]1Oc2cc(cnc2N)/C(NCC2CC2)=C(/CN)CC(C=NC(F)F)=C(N)c2ccc(F)cc21. The van der Waals surface area contributed by atoms with Gasteiger partial charge in [0.1, 0.15) is 11.9 Å². The first kappa shape index (κ1) is 24.6. The molecule has 0 saturated heterocycles. The summed E-state index contributed by atoms with van der Waals surface area (Å²) in [6.45, 7) is -0.325. The van der Waals surface area contributed by atoms with E-state index in [1.165, 1.54) is 18.2 Å². The molecule has 10 heteroatoms. The standard InChI is InChI=1S/C25H29F3N6O/c1-13-20-8-18(26)4-5-19(20)22(30)16(11-34-25(27)28)6-15(9-29)23(32-10-14-2-3-14)17-7-21(35-13)24(31)33-12-17/h4-5,7-8,11-14,25,32H,2-3,6,9-10,29-30H2,1H3,(H2,31,33)/b22-16?,23-15-,34-11?/t13-/m1/s1. The largest absolute Gasteiger partial charge is 0.482 e. The summed E-state index contributed by atoms with van der Waals surface area (Å²) in [6, 6.07) is 5.81. The van der Waals surface area contributed by atoms with Gasteiger partial charge in [-0.3, -0.25) is 0 Å². The molecule has 2 aromatic rings. The number of halogens is 3. The van der Waals surface area contributed by atoms with Crippen LogP contribution in [0.2, 0.25) is 0 Å². The maximum Gasteiger partial charge on any atom is 0.331 e. The van der Waals surface area contributed by atoms with Gasteiger partial charge in [-0.1, -0.05) is 0 Å². The number of ether oxygens (including phenoxy) is 1. The number of fused-ring (bicyclic) bond motifs is 3. The zero-order valence-electron chi connectivity index (χ0n) is 19.4. The summed E-state index contributed by atoms with van der Waals surface area (Å²) in [5.74, 6) is 0.577. The summed E-state index contributed by atoms with van der Waals surface area (Å²) in [6.07, 6.45) is 4.42. The number of hydrogen-bond donors (Lipinski definition) is 4. The quantitative estimate of drug-likeness (QED) is 0.362. The van der Waals surface area contributed by atoms with E-state index in [0.717, 1.165) is 36.9 Å². The number of allylic oxidation sites excluding steroid dienone is 1. The van der Waals surface area contributed by atoms with Crippen molar-refractivity contribution in [1.29, 1.82) is 0 Å². The molecule has 7 N–H and O–H groups in total. The Morgan fingerprint density at radius 1 is 1.26 bits per heavy atom. The van der Waals surface area contributed by atoms with Gasteiger partial charge in [-0.05, 0) is 61.1 Å². The summed E-state index contributed by atoms with van der Waals surface area (Å²) in [7, 11) is 0. The minimum atomic E-state index is -2.91. The number of nitrogens with two attached hydrogens (primary N) is 3. The van der Waals surface area contributed by atoms with Gasteiger partial charge < -0.3 is 27.3 Å². The number of nitrogen functional groups attached to an aromatic ring is 1. The molecule has 2 bridgehead atoms. The molecule has 1 saturated carbocycles. The maximum atomic E-state index is 14.2. The summed E-state index contributed by atoms with van der Waals surface area (Å²) in [5, 5.41) is 3.46. The third-order valence-corrected chi connectivity index (χ3v) is 6.17. The molecule has 1 atom stereocenters. The minimum Gasteiger partial charge on any atom is -0.482 e. The molecule has 2 heterocycles. The number of nitrogens with one attached hydrogen (secondary N) is 1. The van der Waals surface area contributed by atoms with E-state index in [-0.39, 0.29) is 24.5 Å². The third-order valence-electron chi connectivity index (χ3n) is 6.17. The summed E-state index contributed by atoms with van der Waals surface area (Å²) >= 11 is 0. The lowest BCUT2D eigenvalue weighted by atomic mass is 9.93. The Balaban J connectivity index is 1.95. The van der Waals surface area contributed by atoms with E-state index < -0.39 is 18.5 Å². The van der Waals surface area contributed by atoms with E-state index in [4.69, 9.17) is 21.9 Å². The molecule has 1 aliphatic carbocycles. The highest BCUT2D eigenvalue weighted by Crippen LogP contribution is 2.35. The number of pyridine rings is 1. The van der Waals surface area contributed by atoms with Crippen LogP contribution in [-0.2, 0) is 0 Å². The molecular weight excluding hydrogens is 457 g/mol. The van der Waals surface area contributed by atoms with Crippen molar-refractivity contribution in [2.45, 2.75) is 38.8 Å². The van der Waals surface area contributed by atoms with Crippen molar-refractivity contribution in [3.63, 3.8) is 0 Å². The van der Waals surface area contributed by atoms with Gasteiger partial charge in [0, 0.05) is 60.0 Å². The average molecular weight is 487 g/mol. The number of rotatable bonds is 6. The van der Waals surface area contributed by atoms with Gasteiger partial charge >= 0.3 is 6.55 Å². The van der Waals surface area contributed by atoms with Crippen LogP contribution in [0.1, 0.15) is 49.0 Å². The monoisotopic (exact) mass is 486 g/mol. The van der Waals surface area contributed by atoms with Gasteiger partial charge in [-0.25, -0.2) is 14.4 Å². The number of benzene rings is 1. The molecule has 186 valence electrons. The van der Waals surface area contributed by atoms with Gasteiger partial charge in [0.2, 0.25) is 0 Å². The highest BCUT2D eigenvalue weighted by molar-refractivity contribution is 5.92. The Kier molecular flexibility index (Phi) is 7.30. The molecule has 7 nitrogen and oxygen atoms in total. The van der Waals surface area contributed by atoms with Crippen LogP contribution in [0.5, 0.6) is 5.75 Å². The van der Waals surface area contributed by atoms with E-state index in [1.54, 1.807) is 19.2 Å². The molecule has 1 aromatic heterocycles. The number of hydrogen-bond acceptors (Lipinski definition) is 7. The Hall–Kier alpha value is -3.53. The van der Waals surface area contributed by atoms with Crippen LogP contribution in [-0.4, -0.2) is 30.8 Å². The van der Waals surface area contributed by atoms with Crippen LogP contribution in [0, 0.1) is 11.7 Å². The van der Waals surface area contributed by atoms with Crippen LogP contribution in [0.25, 0.3) is 11.4 Å². The Morgan fingerprint density at radius 2 is 2.03 bits per heavy atom. The Bertz CT molecular complexity index is 1190. The molecule has 1 fully saturated rings. The number of aromatic nitrogens is 1. The fourth-order valence-electron chi connectivity index (χ4n) is 4.08. The summed E-state index contributed by atoms with van der Waals surface area (Å²) in [5.41, 5.74) is 22.3. The first-order chi connectivity index (χ1) is 16.8. The van der Waals surface area contributed by atoms with Crippen LogP contribution in [0.3, 0.4) is 0 Å². The highest BCUT2D eigenvalue weighted by atomic mass is 19.3. The predicted octanol–water partition coefficient (Wildman–Crippen LogP) is 3.98. The zero-order valence-corrected chi connectivity index (χ0v) is 19.4. The lowest BCUT2D eigenvalue weighted by Gasteiger charge is -2.24. The lowest BCUT2D eigenvalue weighted by molar-refractivity contribution is 0.160. The molecule has 2 aliphatic rings. The number of anilines is 1. The van der Waals surface area contributed by atoms with Crippen LogP contribution in [0.15, 0.2) is 46.6 Å². The van der Waals surface area contributed by atoms with Crippen LogP contribution < -0.4 is 27.3 Å². The van der Waals surface area contributed by atoms with Gasteiger partial charge in [-0.15, -0.1) is 0 Å². The summed E-state index contributed by atoms with van der Waals surface area (Å²) in [4.78, 5) is 7.57. The first-order valence-corrected chi connectivity index (χ1v) is 11.4. The Labute approximate surface area is 202 Å². The molecule has 4 rings (SSSR count). The van der Waals surface area contributed by atoms with Crippen molar-refractivity contribution in [3.05, 3.63) is 64.1 Å². The van der Waals surface area contributed by atoms with E-state index in [9.17, 15) is 13.2 Å². The van der Waals surface area contributed by atoms with E-state index in [2.05, 4.69) is 15.3 Å². The fourth-order valence-corrected chi connectivity index (χ4v) is 4.08. The molecule has 35 heavy (non-hydrogen) atoms. The summed E-state index contributed by atoms with van der Waals surface area (Å²) < 4.78 is 46.4. The normalized spacial score (nSPS) is 20.9. The van der Waals surface area contributed by atoms with Crippen molar-refractivity contribution in [2.24, 2.45) is 22.4 Å². The van der Waals surface area contributed by atoms with E-state index >= 15 is 0 Å². The molecule has 0 unspecified atom stereocenters. The lowest BCUT2D eigenvalue weighted by Crippen LogP contribution is -2.22. The third kappa shape index (κ3) is 5.76. The minimum absolute atomic E-state index is 0.125. The topological polar surface area (TPSA) is 125 Å². The zero-order chi connectivity index (χ0) is 25.1. The predicted molar refractivity (Wildman–Crippen MR) is 131 cm³/mol. The molecule has 1 aliphatic heterocycles. The molecule has 0 spiro atoms. The molecule has 0 amide bonds. The van der Waals surface area contributed by atoms with Gasteiger partial charge in [-0.2, -0.15) is 8.78 Å². The average Bonchev–Trinajstić information content (AvgIpc) is 3.65. The molecule has 0 radical (unpaired) electrons. The second-order valence-corrected chi connectivity index (χ2v) is 8.78. The maximum absolute atomic E-state index is 14.2. The Morgan fingerprint density at radius 3 is 2.71 bits per heavy atom. The van der Waals surface area contributed by atoms with Crippen molar-refractivity contribution in [3.8, 4) is 5.75 Å². The second-order valence-electron chi connectivity index (χ2n) is 8.78. The second kappa shape index (κ2) is 10.4. The van der Waals surface area contributed by atoms with Crippen molar-refractivity contribution in [2.75, 3.05) is 18.8 Å². The smallest absolute Gasteiger partial charge is 0.331 e. The van der Waals surface area contributed by atoms with Crippen LogP contribution in [0.4, 0.5) is 19.0 Å². The van der Waals surface area contributed by atoms with Gasteiger partial charge in [0.05, 0.1) is 0 Å². The fraction of sp³-hybridized carbons (Fsp3) is 0.360. The van der Waals surface area contributed by atoms with Crippen molar-refractivity contribution < 1.29 is 17.9 Å². The van der Waals surface area contributed by atoms with E-state index in [1.807, 2.05) is 0 Å². The number of nitrogens with zero attached hydrogens (tertiary/aromatic N) is 2.